The summed E-state index contributed by atoms with van der Waals surface area (Å²) in [5.74, 6) is 0.926. The third-order valence-corrected chi connectivity index (χ3v) is 4.85. The zero-order valence-corrected chi connectivity index (χ0v) is 14.2. The van der Waals surface area contributed by atoms with Crippen LogP contribution >= 0.6 is 11.8 Å². The van der Waals surface area contributed by atoms with E-state index in [9.17, 15) is 9.59 Å². The lowest BCUT2D eigenvalue weighted by molar-refractivity contribution is 0.102. The fourth-order valence-corrected chi connectivity index (χ4v) is 3.65. The van der Waals surface area contributed by atoms with Crippen LogP contribution in [-0.4, -0.2) is 31.5 Å². The number of aromatic nitrogens is 4. The summed E-state index contributed by atoms with van der Waals surface area (Å²) in [6.45, 7) is 1.84. The highest BCUT2D eigenvalue weighted by atomic mass is 32.2. The van der Waals surface area contributed by atoms with Gasteiger partial charge in [0.1, 0.15) is 10.9 Å². The molecule has 2 aromatic heterocycles. The molecule has 0 aliphatic carbocycles. The second-order valence-electron chi connectivity index (χ2n) is 5.64. The SMILES string of the molecule is Cc1nc(SCC(=O)c2ccc3[nH]c(=O)[nH]c3c2)c2ccccc2n1. The van der Waals surface area contributed by atoms with E-state index in [0.717, 1.165) is 15.9 Å². The Hall–Kier alpha value is -2.93. The number of rotatable bonds is 4. The van der Waals surface area contributed by atoms with E-state index in [2.05, 4.69) is 19.9 Å². The molecule has 0 aliphatic rings. The zero-order valence-electron chi connectivity index (χ0n) is 13.4. The van der Waals surface area contributed by atoms with Crippen molar-refractivity contribution in [3.8, 4) is 0 Å². The van der Waals surface area contributed by atoms with Crippen LogP contribution in [0, 0.1) is 6.92 Å². The number of H-pyrrole nitrogens is 2. The topological polar surface area (TPSA) is 91.5 Å². The largest absolute Gasteiger partial charge is 0.323 e. The summed E-state index contributed by atoms with van der Waals surface area (Å²) >= 11 is 1.40. The van der Waals surface area contributed by atoms with Crippen LogP contribution in [0.15, 0.2) is 52.3 Å². The molecular weight excluding hydrogens is 336 g/mol. The molecule has 0 atom stereocenters. The fourth-order valence-electron chi connectivity index (χ4n) is 2.69. The number of hydrogen-bond acceptors (Lipinski definition) is 5. The molecule has 0 bridgehead atoms. The van der Waals surface area contributed by atoms with Crippen molar-refractivity contribution in [2.45, 2.75) is 11.9 Å². The summed E-state index contributed by atoms with van der Waals surface area (Å²) in [7, 11) is 0. The number of nitrogens with one attached hydrogen (secondary N) is 2. The number of aromatic amines is 2. The number of carbonyl (C=O) groups excluding carboxylic acids is 1. The van der Waals surface area contributed by atoms with Gasteiger partial charge in [0.2, 0.25) is 0 Å². The minimum atomic E-state index is -0.281. The van der Waals surface area contributed by atoms with E-state index in [-0.39, 0.29) is 17.2 Å². The van der Waals surface area contributed by atoms with Gasteiger partial charge in [0.15, 0.2) is 5.78 Å². The van der Waals surface area contributed by atoms with Gasteiger partial charge in [-0.2, -0.15) is 0 Å². The van der Waals surface area contributed by atoms with Crippen molar-refractivity contribution in [2.24, 2.45) is 0 Å². The molecule has 2 heterocycles. The Labute approximate surface area is 146 Å². The lowest BCUT2D eigenvalue weighted by Crippen LogP contribution is -2.03. The lowest BCUT2D eigenvalue weighted by Gasteiger charge is -2.06. The molecule has 6 nitrogen and oxygen atoms in total. The molecule has 0 amide bonds. The summed E-state index contributed by atoms with van der Waals surface area (Å²) in [5, 5.41) is 1.74. The normalized spacial score (nSPS) is 11.2. The molecule has 0 spiro atoms. The monoisotopic (exact) mass is 350 g/mol. The van der Waals surface area contributed by atoms with Crippen LogP contribution in [0.3, 0.4) is 0 Å². The number of thioether (sulfide) groups is 1. The van der Waals surface area contributed by atoms with Crippen molar-refractivity contribution in [2.75, 3.05) is 5.75 Å². The first-order valence-electron chi connectivity index (χ1n) is 7.71. The van der Waals surface area contributed by atoms with E-state index in [0.29, 0.717) is 22.4 Å². The van der Waals surface area contributed by atoms with Gasteiger partial charge < -0.3 is 9.97 Å². The number of para-hydroxylation sites is 1. The molecule has 124 valence electrons. The number of aryl methyl sites for hydroxylation is 1. The molecule has 0 unspecified atom stereocenters. The quantitative estimate of drug-likeness (QED) is 0.335. The number of benzene rings is 2. The number of imidazole rings is 1. The van der Waals surface area contributed by atoms with E-state index in [1.54, 1.807) is 18.2 Å². The third kappa shape index (κ3) is 3.06. The molecule has 25 heavy (non-hydrogen) atoms. The predicted molar refractivity (Wildman–Crippen MR) is 98.2 cm³/mol. The van der Waals surface area contributed by atoms with Crippen molar-refractivity contribution in [1.82, 2.24) is 19.9 Å². The van der Waals surface area contributed by atoms with Gasteiger partial charge in [-0.1, -0.05) is 30.0 Å². The van der Waals surface area contributed by atoms with Gasteiger partial charge in [0.05, 0.1) is 22.3 Å². The van der Waals surface area contributed by atoms with Crippen LogP contribution in [-0.2, 0) is 0 Å². The Bertz CT molecular complexity index is 1160. The second-order valence-corrected chi connectivity index (χ2v) is 6.61. The highest BCUT2D eigenvalue weighted by Gasteiger charge is 2.12. The zero-order chi connectivity index (χ0) is 17.4. The van der Waals surface area contributed by atoms with Crippen LogP contribution in [0.5, 0.6) is 0 Å². The number of ketones is 1. The van der Waals surface area contributed by atoms with E-state index >= 15 is 0 Å². The number of hydrogen-bond donors (Lipinski definition) is 2. The first-order valence-corrected chi connectivity index (χ1v) is 8.70. The van der Waals surface area contributed by atoms with Crippen molar-refractivity contribution in [3.05, 3.63) is 64.3 Å². The van der Waals surface area contributed by atoms with E-state index < -0.39 is 0 Å². The van der Waals surface area contributed by atoms with Crippen molar-refractivity contribution in [3.63, 3.8) is 0 Å². The Morgan fingerprint density at radius 2 is 1.88 bits per heavy atom. The van der Waals surface area contributed by atoms with Crippen molar-refractivity contribution >= 4 is 39.5 Å². The molecule has 4 aromatic rings. The average molecular weight is 350 g/mol. The first kappa shape index (κ1) is 15.6. The average Bonchev–Trinajstić information content (AvgIpc) is 2.98. The molecule has 0 saturated heterocycles. The van der Waals surface area contributed by atoms with Gasteiger partial charge in [-0.15, -0.1) is 0 Å². The van der Waals surface area contributed by atoms with Crippen LogP contribution in [0.1, 0.15) is 16.2 Å². The fraction of sp³-hybridized carbons (Fsp3) is 0.111. The lowest BCUT2D eigenvalue weighted by atomic mass is 10.1. The Morgan fingerprint density at radius 1 is 1.08 bits per heavy atom. The number of carbonyl (C=O) groups is 1. The Kier molecular flexibility index (Phi) is 3.85. The van der Waals surface area contributed by atoms with Crippen LogP contribution in [0.25, 0.3) is 21.9 Å². The highest BCUT2D eigenvalue weighted by Crippen LogP contribution is 2.26. The van der Waals surface area contributed by atoms with Gasteiger partial charge in [0.25, 0.3) is 0 Å². The molecule has 4 rings (SSSR count). The standard InChI is InChI=1S/C18H14N4O2S/c1-10-19-13-5-3-2-4-12(13)17(20-10)25-9-16(23)11-6-7-14-15(8-11)22-18(24)21-14/h2-8H,9H2,1H3,(H2,21,22,24). The summed E-state index contributed by atoms with van der Waals surface area (Å²) in [4.78, 5) is 38.1. The third-order valence-electron chi connectivity index (χ3n) is 3.86. The molecular formula is C18H14N4O2S. The minimum Gasteiger partial charge on any atom is -0.306 e. The smallest absolute Gasteiger partial charge is 0.306 e. The van der Waals surface area contributed by atoms with Gasteiger partial charge in [-0.3, -0.25) is 4.79 Å². The number of Topliss-reactive ketones (excluding diaryl/α,β-unsaturated/α-hetero) is 1. The molecule has 0 fully saturated rings. The van der Waals surface area contributed by atoms with Crippen LogP contribution < -0.4 is 5.69 Å². The van der Waals surface area contributed by atoms with Crippen molar-refractivity contribution in [1.29, 1.82) is 0 Å². The summed E-state index contributed by atoms with van der Waals surface area (Å²) in [6, 6.07) is 12.9. The Balaban J connectivity index is 1.60. The Morgan fingerprint density at radius 3 is 2.76 bits per heavy atom. The molecule has 7 heteroatoms. The summed E-state index contributed by atoms with van der Waals surface area (Å²) in [5.41, 5.74) is 2.47. The second kappa shape index (κ2) is 6.18. The van der Waals surface area contributed by atoms with E-state index in [1.807, 2.05) is 31.2 Å². The maximum atomic E-state index is 12.5. The molecule has 2 aromatic carbocycles. The molecule has 0 saturated carbocycles. The van der Waals surface area contributed by atoms with Gasteiger partial charge in [0, 0.05) is 10.9 Å². The van der Waals surface area contributed by atoms with Crippen molar-refractivity contribution < 1.29 is 4.79 Å². The maximum Gasteiger partial charge on any atom is 0.323 e. The highest BCUT2D eigenvalue weighted by molar-refractivity contribution is 8.00. The summed E-state index contributed by atoms with van der Waals surface area (Å²) in [6.07, 6.45) is 0. The molecule has 0 radical (unpaired) electrons. The van der Waals surface area contributed by atoms with Gasteiger partial charge >= 0.3 is 5.69 Å². The number of fused-ring (bicyclic) bond motifs is 2. The first-order chi connectivity index (χ1) is 12.1. The molecule has 2 N–H and O–H groups in total. The number of nitrogens with zero attached hydrogens (tertiary/aromatic N) is 2. The van der Waals surface area contributed by atoms with Gasteiger partial charge in [-0.05, 0) is 31.2 Å². The van der Waals surface area contributed by atoms with Crippen LogP contribution in [0.4, 0.5) is 0 Å². The maximum absolute atomic E-state index is 12.5. The van der Waals surface area contributed by atoms with Gasteiger partial charge in [-0.25, -0.2) is 14.8 Å². The molecule has 0 aliphatic heterocycles. The predicted octanol–water partition coefficient (Wildman–Crippen LogP) is 3.08. The van der Waals surface area contributed by atoms with Crippen LogP contribution in [0.2, 0.25) is 0 Å². The van der Waals surface area contributed by atoms with E-state index in [4.69, 9.17) is 0 Å². The van der Waals surface area contributed by atoms with E-state index in [1.165, 1.54) is 11.8 Å². The minimum absolute atomic E-state index is 0.0192. The summed E-state index contributed by atoms with van der Waals surface area (Å²) < 4.78 is 0.